The molecule has 2 heteroatoms. The third-order valence-corrected chi connectivity index (χ3v) is 4.76. The number of hydrogen-bond donors (Lipinski definition) is 0. The van der Waals surface area contributed by atoms with E-state index in [-0.39, 0.29) is 22.9 Å². The van der Waals surface area contributed by atoms with Gasteiger partial charge >= 0.3 is 0 Å². The molecule has 2 nitrogen and oxygen atoms in total. The molecule has 0 aromatic heterocycles. The Morgan fingerprint density at radius 2 is 1.88 bits per heavy atom. The maximum atomic E-state index is 12.3. The van der Waals surface area contributed by atoms with Crippen LogP contribution in [-0.2, 0) is 9.59 Å². The molecule has 0 aromatic rings. The van der Waals surface area contributed by atoms with Crippen LogP contribution in [0.2, 0.25) is 0 Å². The fourth-order valence-corrected chi connectivity index (χ4v) is 3.63. The Labute approximate surface area is 103 Å². The van der Waals surface area contributed by atoms with Crippen LogP contribution in [0.5, 0.6) is 0 Å². The van der Waals surface area contributed by atoms with Gasteiger partial charge in [0.2, 0.25) is 0 Å². The highest BCUT2D eigenvalue weighted by Crippen LogP contribution is 2.56. The van der Waals surface area contributed by atoms with Gasteiger partial charge in [-0.2, -0.15) is 0 Å². The van der Waals surface area contributed by atoms with Crippen LogP contribution in [0, 0.1) is 16.7 Å². The molecule has 1 fully saturated rings. The van der Waals surface area contributed by atoms with E-state index in [0.29, 0.717) is 6.42 Å². The van der Waals surface area contributed by atoms with E-state index in [9.17, 15) is 9.59 Å². The van der Waals surface area contributed by atoms with E-state index in [1.54, 1.807) is 6.08 Å². The summed E-state index contributed by atoms with van der Waals surface area (Å²) in [6.45, 7) is 12.0. The van der Waals surface area contributed by atoms with Crippen molar-refractivity contribution in [3.8, 4) is 0 Å². The van der Waals surface area contributed by atoms with Gasteiger partial charge in [0.25, 0.3) is 0 Å². The molecule has 92 valence electrons. The van der Waals surface area contributed by atoms with Crippen molar-refractivity contribution in [2.75, 3.05) is 0 Å². The van der Waals surface area contributed by atoms with Gasteiger partial charge in [0.1, 0.15) is 5.78 Å². The minimum Gasteiger partial charge on any atom is -0.299 e. The number of fused-ring (bicyclic) bond motifs is 1. The molecule has 0 bridgehead atoms. The van der Waals surface area contributed by atoms with Crippen molar-refractivity contribution >= 4 is 11.6 Å². The van der Waals surface area contributed by atoms with Crippen LogP contribution in [0.25, 0.3) is 0 Å². The predicted molar refractivity (Wildman–Crippen MR) is 67.5 cm³/mol. The van der Waals surface area contributed by atoms with Crippen molar-refractivity contribution in [3.63, 3.8) is 0 Å². The zero-order chi connectivity index (χ0) is 13.0. The average molecular weight is 232 g/mol. The fourth-order valence-electron chi connectivity index (χ4n) is 3.63. The zero-order valence-corrected chi connectivity index (χ0v) is 11.1. The molecule has 0 radical (unpaired) electrons. The first-order chi connectivity index (χ1) is 7.71. The topological polar surface area (TPSA) is 34.1 Å². The van der Waals surface area contributed by atoms with Crippen molar-refractivity contribution in [2.45, 2.75) is 40.5 Å². The van der Waals surface area contributed by atoms with Gasteiger partial charge in [0.05, 0.1) is 0 Å². The third-order valence-electron chi connectivity index (χ3n) is 4.76. The van der Waals surface area contributed by atoms with Crippen LogP contribution in [0.4, 0.5) is 0 Å². The summed E-state index contributed by atoms with van der Waals surface area (Å²) in [6.07, 6.45) is 2.96. The van der Waals surface area contributed by atoms with E-state index < -0.39 is 5.41 Å². The summed E-state index contributed by atoms with van der Waals surface area (Å²) in [4.78, 5) is 24.3. The molecule has 0 amide bonds. The molecule has 2 rings (SSSR count). The zero-order valence-electron chi connectivity index (χ0n) is 11.1. The molecule has 2 unspecified atom stereocenters. The van der Waals surface area contributed by atoms with E-state index in [4.69, 9.17) is 0 Å². The molecule has 0 aliphatic heterocycles. The Hall–Kier alpha value is -1.18. The second-order valence-electron chi connectivity index (χ2n) is 6.20. The summed E-state index contributed by atoms with van der Waals surface area (Å²) in [6, 6.07) is 0. The molecular weight excluding hydrogens is 212 g/mol. The van der Waals surface area contributed by atoms with Crippen LogP contribution in [-0.4, -0.2) is 11.6 Å². The number of carbonyl (C=O) groups excluding carboxylic acids is 2. The van der Waals surface area contributed by atoms with E-state index in [2.05, 4.69) is 13.5 Å². The molecule has 2 aliphatic rings. The van der Waals surface area contributed by atoms with E-state index in [0.717, 1.165) is 17.6 Å². The highest BCUT2D eigenvalue weighted by atomic mass is 16.1. The third kappa shape index (κ3) is 1.46. The molecule has 0 aromatic carbocycles. The van der Waals surface area contributed by atoms with Gasteiger partial charge in [-0.15, -0.1) is 0 Å². The average Bonchev–Trinajstić information content (AvgIpc) is 2.21. The first-order valence-electron chi connectivity index (χ1n) is 6.16. The van der Waals surface area contributed by atoms with Crippen molar-refractivity contribution in [1.82, 2.24) is 0 Å². The summed E-state index contributed by atoms with van der Waals surface area (Å²) >= 11 is 0. The number of allylic oxidation sites excluding steroid dienone is 3. The molecule has 0 heterocycles. The van der Waals surface area contributed by atoms with Crippen molar-refractivity contribution in [1.29, 1.82) is 0 Å². The minimum atomic E-state index is -0.565. The standard InChI is InChI=1S/C15H20O2/c1-9-8-11(16)13-14(3,4)12(17)6-7-15(13,5)10(9)2/h8,13H,2,6-7H2,1,3-5H3. The molecule has 2 atom stereocenters. The monoisotopic (exact) mass is 232 g/mol. The second kappa shape index (κ2) is 3.41. The fraction of sp³-hybridized carbons (Fsp3) is 0.600. The number of rotatable bonds is 0. The minimum absolute atomic E-state index is 0.0930. The van der Waals surface area contributed by atoms with Gasteiger partial charge in [0.15, 0.2) is 5.78 Å². The number of hydrogen-bond acceptors (Lipinski definition) is 2. The lowest BCUT2D eigenvalue weighted by molar-refractivity contribution is -0.146. The Morgan fingerprint density at radius 3 is 2.47 bits per heavy atom. The first kappa shape index (κ1) is 12.3. The Morgan fingerprint density at radius 1 is 1.29 bits per heavy atom. The molecule has 0 spiro atoms. The number of Topliss-reactive ketones (excluding diaryl/α,β-unsaturated/α-hetero) is 1. The van der Waals surface area contributed by atoms with Crippen LogP contribution in [0.1, 0.15) is 40.5 Å². The Bertz CT molecular complexity index is 454. The largest absolute Gasteiger partial charge is 0.299 e. The second-order valence-corrected chi connectivity index (χ2v) is 6.20. The van der Waals surface area contributed by atoms with Crippen molar-refractivity contribution in [2.24, 2.45) is 16.7 Å². The molecular formula is C15H20O2. The van der Waals surface area contributed by atoms with E-state index in [1.807, 2.05) is 20.8 Å². The first-order valence-corrected chi connectivity index (χ1v) is 6.16. The number of carbonyl (C=O) groups is 2. The summed E-state index contributed by atoms with van der Waals surface area (Å²) in [5, 5.41) is 0. The lowest BCUT2D eigenvalue weighted by Gasteiger charge is -2.51. The molecule has 1 saturated carbocycles. The van der Waals surface area contributed by atoms with Crippen molar-refractivity contribution < 1.29 is 9.59 Å². The summed E-state index contributed by atoms with van der Waals surface area (Å²) in [5.74, 6) is 0.0528. The normalized spacial score (nSPS) is 36.6. The summed E-state index contributed by atoms with van der Waals surface area (Å²) in [7, 11) is 0. The highest BCUT2D eigenvalue weighted by Gasteiger charge is 2.56. The SMILES string of the molecule is C=C1C(C)=CC(=O)C2C(C)(C)C(=O)CCC12C. The molecule has 0 saturated heterocycles. The van der Waals surface area contributed by atoms with E-state index >= 15 is 0 Å². The van der Waals surface area contributed by atoms with Crippen LogP contribution >= 0.6 is 0 Å². The van der Waals surface area contributed by atoms with Crippen LogP contribution < -0.4 is 0 Å². The van der Waals surface area contributed by atoms with Crippen LogP contribution in [0.3, 0.4) is 0 Å². The lowest BCUT2D eigenvalue weighted by Crippen LogP contribution is -2.53. The highest BCUT2D eigenvalue weighted by molar-refractivity contribution is 6.01. The maximum Gasteiger partial charge on any atom is 0.160 e. The Balaban J connectivity index is 2.61. The summed E-state index contributed by atoms with van der Waals surface area (Å²) < 4.78 is 0. The van der Waals surface area contributed by atoms with Gasteiger partial charge < -0.3 is 0 Å². The molecule has 2 aliphatic carbocycles. The van der Waals surface area contributed by atoms with Gasteiger partial charge in [-0.05, 0) is 30.6 Å². The smallest absolute Gasteiger partial charge is 0.160 e. The number of ketones is 2. The predicted octanol–water partition coefficient (Wildman–Crippen LogP) is 3.08. The van der Waals surface area contributed by atoms with E-state index in [1.165, 1.54) is 0 Å². The van der Waals surface area contributed by atoms with Crippen LogP contribution in [0.15, 0.2) is 23.8 Å². The van der Waals surface area contributed by atoms with Crippen molar-refractivity contribution in [3.05, 3.63) is 23.8 Å². The summed E-state index contributed by atoms with van der Waals surface area (Å²) in [5.41, 5.74) is 1.19. The molecule has 0 N–H and O–H groups in total. The van der Waals surface area contributed by atoms with Gasteiger partial charge in [-0.25, -0.2) is 0 Å². The molecule has 17 heavy (non-hydrogen) atoms. The maximum absolute atomic E-state index is 12.3. The van der Waals surface area contributed by atoms with Gasteiger partial charge in [0, 0.05) is 23.2 Å². The van der Waals surface area contributed by atoms with Gasteiger partial charge in [-0.1, -0.05) is 27.4 Å². The Kier molecular flexibility index (Phi) is 2.46. The quantitative estimate of drug-likeness (QED) is 0.643. The van der Waals surface area contributed by atoms with Gasteiger partial charge in [-0.3, -0.25) is 9.59 Å². The lowest BCUT2D eigenvalue weighted by atomic mass is 9.50.